The molecule has 0 fully saturated rings. The van der Waals surface area contributed by atoms with Gasteiger partial charge in [-0.3, -0.25) is 4.79 Å². The fraction of sp³-hybridized carbons (Fsp3) is 0.300. The Kier molecular flexibility index (Phi) is 7.69. The molecule has 0 radical (unpaired) electrons. The average molecular weight is 328 g/mol. The van der Waals surface area contributed by atoms with Crippen molar-refractivity contribution in [2.24, 2.45) is 0 Å². The van der Waals surface area contributed by atoms with E-state index in [0.717, 1.165) is 11.1 Å². The van der Waals surface area contributed by atoms with Crippen molar-refractivity contribution in [3.05, 3.63) is 65.2 Å². The maximum absolute atomic E-state index is 11.7. The zero-order valence-corrected chi connectivity index (χ0v) is 14.6. The van der Waals surface area contributed by atoms with Gasteiger partial charge in [0.15, 0.2) is 0 Å². The van der Waals surface area contributed by atoms with Crippen molar-refractivity contribution in [2.75, 3.05) is 0 Å². The van der Waals surface area contributed by atoms with Gasteiger partial charge in [0.05, 0.1) is 12.0 Å². The average Bonchev–Trinajstić information content (AvgIpc) is 2.64. The molecule has 4 heteroatoms. The molecule has 0 aliphatic carbocycles. The quantitative estimate of drug-likeness (QED) is 0.630. The van der Waals surface area contributed by atoms with Crippen LogP contribution in [0.25, 0.3) is 0 Å². The van der Waals surface area contributed by atoms with Gasteiger partial charge in [-0.05, 0) is 23.8 Å². The van der Waals surface area contributed by atoms with E-state index < -0.39 is 5.97 Å². The minimum atomic E-state index is -0.989. The predicted molar refractivity (Wildman–Crippen MR) is 94.6 cm³/mol. The first kappa shape index (κ1) is 19.4. The van der Waals surface area contributed by atoms with Crippen LogP contribution in [-0.4, -0.2) is 17.0 Å². The van der Waals surface area contributed by atoms with Crippen LogP contribution in [0.3, 0.4) is 0 Å². The molecule has 0 saturated heterocycles. The molecule has 1 unspecified atom stereocenters. The normalized spacial score (nSPS) is 14.8. The first-order valence-corrected chi connectivity index (χ1v) is 8.28. The number of carbonyl (C=O) groups is 2. The summed E-state index contributed by atoms with van der Waals surface area (Å²) < 4.78 is 5.19. The highest BCUT2D eigenvalue weighted by molar-refractivity contribution is 5.89. The second-order valence-corrected chi connectivity index (χ2v) is 4.70. The Morgan fingerprint density at radius 3 is 2.25 bits per heavy atom. The summed E-state index contributed by atoms with van der Waals surface area (Å²) in [5, 5.41) is 9.09. The van der Waals surface area contributed by atoms with E-state index in [-0.39, 0.29) is 23.9 Å². The van der Waals surface area contributed by atoms with Gasteiger partial charge in [0.1, 0.15) is 5.75 Å². The molecule has 128 valence electrons. The lowest BCUT2D eigenvalue weighted by atomic mass is 9.85. The molecule has 0 saturated carbocycles. The Balaban J connectivity index is 0.000000671. The van der Waals surface area contributed by atoms with Gasteiger partial charge in [-0.15, -0.1) is 0 Å². The molecule has 4 nitrogen and oxygen atoms in total. The Labute approximate surface area is 143 Å². The van der Waals surface area contributed by atoms with E-state index in [1.165, 1.54) is 6.07 Å². The van der Waals surface area contributed by atoms with Crippen LogP contribution < -0.4 is 4.74 Å². The van der Waals surface area contributed by atoms with Gasteiger partial charge in [-0.2, -0.15) is 0 Å². The topological polar surface area (TPSA) is 63.6 Å². The molecule has 2 aromatic rings. The minimum Gasteiger partial charge on any atom is -0.478 e. The molecule has 2 aromatic carbocycles. The second kappa shape index (κ2) is 9.50. The molecular formula is C20H24O4. The number of hydrogen-bond acceptors (Lipinski definition) is 3. The molecule has 0 aromatic heterocycles. The summed E-state index contributed by atoms with van der Waals surface area (Å²) >= 11 is 0. The Hall–Kier alpha value is -2.62. The van der Waals surface area contributed by atoms with Crippen LogP contribution in [0.15, 0.2) is 48.5 Å². The van der Waals surface area contributed by atoms with Gasteiger partial charge < -0.3 is 9.84 Å². The predicted octanol–water partition coefficient (Wildman–Crippen LogP) is 4.88. The highest BCUT2D eigenvalue weighted by atomic mass is 16.5. The number of rotatable bonds is 2. The number of esters is 1. The lowest BCUT2D eigenvalue weighted by Crippen LogP contribution is -2.21. The van der Waals surface area contributed by atoms with Gasteiger partial charge in [0.25, 0.3) is 0 Å². The maximum atomic E-state index is 11.7. The monoisotopic (exact) mass is 328 g/mol. The van der Waals surface area contributed by atoms with Crippen molar-refractivity contribution < 1.29 is 19.4 Å². The highest BCUT2D eigenvalue weighted by Crippen LogP contribution is 2.39. The number of carbonyl (C=O) groups excluding carboxylic acids is 1. The number of hydrogen-bond donors (Lipinski definition) is 1. The van der Waals surface area contributed by atoms with E-state index in [2.05, 4.69) is 0 Å². The third kappa shape index (κ3) is 4.44. The van der Waals surface area contributed by atoms with Crippen molar-refractivity contribution >= 4 is 11.9 Å². The van der Waals surface area contributed by atoms with Gasteiger partial charge in [-0.1, -0.05) is 58.0 Å². The van der Waals surface area contributed by atoms with Gasteiger partial charge in [0.2, 0.25) is 0 Å². The van der Waals surface area contributed by atoms with E-state index in [1.54, 1.807) is 12.1 Å². The first-order valence-electron chi connectivity index (χ1n) is 8.28. The number of carboxylic acid groups (broad SMARTS) is 1. The van der Waals surface area contributed by atoms with Crippen LogP contribution in [0.1, 0.15) is 61.5 Å². The van der Waals surface area contributed by atoms with E-state index in [9.17, 15) is 9.59 Å². The largest absolute Gasteiger partial charge is 0.478 e. The summed E-state index contributed by atoms with van der Waals surface area (Å²) in [6, 6.07) is 14.1. The third-order valence-corrected chi connectivity index (χ3v) is 3.43. The summed E-state index contributed by atoms with van der Waals surface area (Å²) in [6.45, 7) is 8.00. The zero-order valence-electron chi connectivity index (χ0n) is 14.6. The lowest BCUT2D eigenvalue weighted by Gasteiger charge is -2.25. The van der Waals surface area contributed by atoms with E-state index in [4.69, 9.17) is 9.84 Å². The standard InChI is InChI=1S/C16H12O4.2C2H6/c17-15-9-12(10-4-2-1-3-5-10)13-8-11(16(18)19)6-7-14(13)20-15;2*1-2/h1-8,12H,9H2,(H,18,19);2*1-2H3. The summed E-state index contributed by atoms with van der Waals surface area (Å²) in [4.78, 5) is 22.8. The summed E-state index contributed by atoms with van der Waals surface area (Å²) in [5.41, 5.74) is 1.92. The van der Waals surface area contributed by atoms with Crippen LogP contribution in [0.2, 0.25) is 0 Å². The van der Waals surface area contributed by atoms with Crippen molar-refractivity contribution in [2.45, 2.75) is 40.0 Å². The Morgan fingerprint density at radius 1 is 1.04 bits per heavy atom. The SMILES string of the molecule is CC.CC.O=C1CC(c2ccccc2)c2cc(C(=O)O)ccc2O1. The number of benzene rings is 2. The zero-order chi connectivity index (χ0) is 18.1. The molecule has 1 N–H and O–H groups in total. The van der Waals surface area contributed by atoms with Crippen molar-refractivity contribution in [1.29, 1.82) is 0 Å². The van der Waals surface area contributed by atoms with Gasteiger partial charge in [-0.25, -0.2) is 4.79 Å². The molecular weight excluding hydrogens is 304 g/mol. The van der Waals surface area contributed by atoms with Crippen LogP contribution in [0.5, 0.6) is 5.75 Å². The van der Waals surface area contributed by atoms with E-state index in [0.29, 0.717) is 5.75 Å². The van der Waals surface area contributed by atoms with E-state index in [1.807, 2.05) is 58.0 Å². The molecule has 24 heavy (non-hydrogen) atoms. The van der Waals surface area contributed by atoms with Gasteiger partial charge >= 0.3 is 11.9 Å². The van der Waals surface area contributed by atoms with Crippen molar-refractivity contribution in [1.82, 2.24) is 0 Å². The number of fused-ring (bicyclic) bond motifs is 1. The minimum absolute atomic E-state index is 0.160. The summed E-state index contributed by atoms with van der Waals surface area (Å²) in [5.74, 6) is -1.00. The fourth-order valence-electron chi connectivity index (χ4n) is 2.47. The highest BCUT2D eigenvalue weighted by Gasteiger charge is 2.29. The molecule has 3 rings (SSSR count). The second-order valence-electron chi connectivity index (χ2n) is 4.70. The molecule has 1 heterocycles. The first-order chi connectivity index (χ1) is 11.6. The van der Waals surface area contributed by atoms with Crippen LogP contribution in [0, 0.1) is 0 Å². The third-order valence-electron chi connectivity index (χ3n) is 3.43. The Morgan fingerprint density at radius 2 is 1.67 bits per heavy atom. The number of ether oxygens (including phenoxy) is 1. The lowest BCUT2D eigenvalue weighted by molar-refractivity contribution is -0.135. The molecule has 0 spiro atoms. The molecule has 1 atom stereocenters. The summed E-state index contributed by atoms with van der Waals surface area (Å²) in [7, 11) is 0. The van der Waals surface area contributed by atoms with E-state index >= 15 is 0 Å². The van der Waals surface area contributed by atoms with Gasteiger partial charge in [0, 0.05) is 11.5 Å². The van der Waals surface area contributed by atoms with Crippen molar-refractivity contribution in [3.63, 3.8) is 0 Å². The van der Waals surface area contributed by atoms with Crippen LogP contribution in [0.4, 0.5) is 0 Å². The number of aromatic carboxylic acids is 1. The molecule has 1 aliphatic rings. The van der Waals surface area contributed by atoms with Crippen LogP contribution >= 0.6 is 0 Å². The molecule has 0 bridgehead atoms. The maximum Gasteiger partial charge on any atom is 0.335 e. The molecule has 1 aliphatic heterocycles. The Bertz CT molecular complexity index is 677. The van der Waals surface area contributed by atoms with Crippen molar-refractivity contribution in [3.8, 4) is 5.75 Å². The fourth-order valence-corrected chi connectivity index (χ4v) is 2.47. The smallest absolute Gasteiger partial charge is 0.335 e. The summed E-state index contributed by atoms with van der Waals surface area (Å²) in [6.07, 6.45) is 0.222. The number of carboxylic acids is 1. The molecule has 0 amide bonds. The van der Waals surface area contributed by atoms with Crippen LogP contribution in [-0.2, 0) is 4.79 Å².